The van der Waals surface area contributed by atoms with Gasteiger partial charge in [0.2, 0.25) is 0 Å². The zero-order valence-electron chi connectivity index (χ0n) is 19.2. The normalized spacial score (nSPS) is 18.2. The number of rotatable bonds is 17. The van der Waals surface area contributed by atoms with Crippen LogP contribution in [0.5, 0.6) is 0 Å². The van der Waals surface area contributed by atoms with Gasteiger partial charge in [0.1, 0.15) is 12.7 Å². The Morgan fingerprint density at radius 1 is 0.935 bits per heavy atom. The van der Waals surface area contributed by atoms with Crippen molar-refractivity contribution >= 4 is 11.9 Å². The fourth-order valence-corrected chi connectivity index (χ4v) is 3.85. The van der Waals surface area contributed by atoms with E-state index in [1.807, 2.05) is 30.3 Å². The van der Waals surface area contributed by atoms with Crippen LogP contribution in [0.4, 0.5) is 0 Å². The highest BCUT2D eigenvalue weighted by molar-refractivity contribution is 5.73. The van der Waals surface area contributed by atoms with Crippen molar-refractivity contribution in [2.45, 2.75) is 109 Å². The molecular formula is C26H40O5. The van der Waals surface area contributed by atoms with E-state index in [-0.39, 0.29) is 31.1 Å². The molecule has 0 spiro atoms. The average molecular weight is 433 g/mol. The number of hydrogen-bond acceptors (Lipinski definition) is 5. The Kier molecular flexibility index (Phi) is 13.0. The van der Waals surface area contributed by atoms with Crippen molar-refractivity contribution in [3.63, 3.8) is 0 Å². The topological polar surface area (TPSA) is 61.8 Å². The molecule has 0 bridgehead atoms. The van der Waals surface area contributed by atoms with Crippen LogP contribution in [0.15, 0.2) is 30.3 Å². The number of unbranched alkanes of at least 4 members (excludes halogenated alkanes) is 10. The molecule has 0 unspecified atom stereocenters. The molecule has 5 heteroatoms. The number of carbonyl (C=O) groups is 2. The van der Waals surface area contributed by atoms with Gasteiger partial charge in [-0.2, -0.15) is 0 Å². The van der Waals surface area contributed by atoms with Crippen molar-refractivity contribution in [2.75, 3.05) is 6.61 Å². The van der Waals surface area contributed by atoms with Crippen LogP contribution in [-0.2, 0) is 30.4 Å². The van der Waals surface area contributed by atoms with E-state index in [1.54, 1.807) is 0 Å². The van der Waals surface area contributed by atoms with Gasteiger partial charge in [0.05, 0.1) is 13.0 Å². The first kappa shape index (κ1) is 25.4. The lowest BCUT2D eigenvalue weighted by atomic mass is 10.1. The fourth-order valence-electron chi connectivity index (χ4n) is 3.85. The van der Waals surface area contributed by atoms with Crippen molar-refractivity contribution in [3.05, 3.63) is 35.9 Å². The summed E-state index contributed by atoms with van der Waals surface area (Å²) >= 11 is 0. The molecule has 1 aromatic rings. The summed E-state index contributed by atoms with van der Waals surface area (Å²) in [5.41, 5.74) is 1.04. The van der Waals surface area contributed by atoms with Crippen LogP contribution >= 0.6 is 0 Å². The van der Waals surface area contributed by atoms with E-state index in [4.69, 9.17) is 14.2 Å². The summed E-state index contributed by atoms with van der Waals surface area (Å²) in [5.74, 6) is -0.523. The third kappa shape index (κ3) is 11.3. The zero-order valence-corrected chi connectivity index (χ0v) is 19.2. The minimum absolute atomic E-state index is 0.0715. The molecule has 0 amide bonds. The second-order valence-corrected chi connectivity index (χ2v) is 8.54. The quantitative estimate of drug-likeness (QED) is 0.219. The predicted molar refractivity (Wildman–Crippen MR) is 122 cm³/mol. The van der Waals surface area contributed by atoms with Gasteiger partial charge in [-0.25, -0.2) is 0 Å². The molecule has 1 saturated heterocycles. The molecule has 2 rings (SSSR count). The zero-order chi connectivity index (χ0) is 22.2. The number of carbonyl (C=O) groups excluding carboxylic acids is 2. The molecule has 174 valence electrons. The minimum Gasteiger partial charge on any atom is -0.462 e. The summed E-state index contributed by atoms with van der Waals surface area (Å²) in [6.07, 6.45) is 13.5. The SMILES string of the molecule is CCCCCCCCCCCCCC(=O)OC[C@H]1OC(=O)C[C@@H]1OCc1ccccc1. The average Bonchev–Trinajstić information content (AvgIpc) is 3.14. The molecule has 5 nitrogen and oxygen atoms in total. The molecule has 0 N–H and O–H groups in total. The van der Waals surface area contributed by atoms with Crippen molar-refractivity contribution < 1.29 is 23.8 Å². The molecule has 31 heavy (non-hydrogen) atoms. The smallest absolute Gasteiger partial charge is 0.309 e. The van der Waals surface area contributed by atoms with Crippen LogP contribution in [0.3, 0.4) is 0 Å². The Morgan fingerprint density at radius 2 is 1.55 bits per heavy atom. The Labute approximate surface area is 187 Å². The lowest BCUT2D eigenvalue weighted by molar-refractivity contribution is -0.155. The van der Waals surface area contributed by atoms with E-state index < -0.39 is 6.10 Å². The van der Waals surface area contributed by atoms with Crippen LogP contribution < -0.4 is 0 Å². The fraction of sp³-hybridized carbons (Fsp3) is 0.692. The first-order chi connectivity index (χ1) is 15.2. The van der Waals surface area contributed by atoms with Gasteiger partial charge in [-0.1, -0.05) is 101 Å². The molecule has 1 aromatic carbocycles. The van der Waals surface area contributed by atoms with Gasteiger partial charge in [-0.15, -0.1) is 0 Å². The number of ether oxygens (including phenoxy) is 3. The van der Waals surface area contributed by atoms with E-state index in [0.29, 0.717) is 13.0 Å². The van der Waals surface area contributed by atoms with Gasteiger partial charge in [-0.05, 0) is 12.0 Å². The standard InChI is InChI=1S/C26H40O5/c1-2-3-4-5-6-7-8-9-10-11-15-18-25(27)30-21-24-23(19-26(28)31-24)29-20-22-16-13-12-14-17-22/h12-14,16-17,23-24H,2-11,15,18-21H2,1H3/t23-,24+/m0/s1. The first-order valence-corrected chi connectivity index (χ1v) is 12.2. The van der Waals surface area contributed by atoms with E-state index in [9.17, 15) is 9.59 Å². The highest BCUT2D eigenvalue weighted by atomic mass is 16.6. The number of cyclic esters (lactones) is 1. The molecule has 1 aliphatic heterocycles. The minimum atomic E-state index is -0.516. The maximum Gasteiger partial charge on any atom is 0.309 e. The maximum absolute atomic E-state index is 12.0. The molecule has 2 atom stereocenters. The van der Waals surface area contributed by atoms with Gasteiger partial charge in [-0.3, -0.25) is 9.59 Å². The third-order valence-corrected chi connectivity index (χ3v) is 5.77. The van der Waals surface area contributed by atoms with E-state index in [0.717, 1.165) is 18.4 Å². The lowest BCUT2D eigenvalue weighted by Crippen LogP contribution is -2.30. The Morgan fingerprint density at radius 3 is 2.19 bits per heavy atom. The van der Waals surface area contributed by atoms with Gasteiger partial charge in [0, 0.05) is 6.42 Å². The highest BCUT2D eigenvalue weighted by Gasteiger charge is 2.36. The largest absolute Gasteiger partial charge is 0.462 e. The second-order valence-electron chi connectivity index (χ2n) is 8.54. The number of esters is 2. The van der Waals surface area contributed by atoms with Crippen molar-refractivity contribution in [2.24, 2.45) is 0 Å². The molecule has 1 aliphatic rings. The summed E-state index contributed by atoms with van der Waals surface area (Å²) in [6, 6.07) is 9.79. The molecule has 0 aliphatic carbocycles. The maximum atomic E-state index is 12.0. The van der Waals surface area contributed by atoms with Crippen LogP contribution in [0.25, 0.3) is 0 Å². The summed E-state index contributed by atoms with van der Waals surface area (Å²) < 4.78 is 16.5. The van der Waals surface area contributed by atoms with E-state index in [1.165, 1.54) is 57.8 Å². The Hall–Kier alpha value is -1.88. The van der Waals surface area contributed by atoms with Crippen molar-refractivity contribution in [1.82, 2.24) is 0 Å². The van der Waals surface area contributed by atoms with Gasteiger partial charge >= 0.3 is 11.9 Å². The summed E-state index contributed by atoms with van der Waals surface area (Å²) in [7, 11) is 0. The Balaban J connectivity index is 1.49. The van der Waals surface area contributed by atoms with E-state index in [2.05, 4.69) is 6.92 Å². The molecule has 1 heterocycles. The Bertz CT molecular complexity index is 615. The van der Waals surface area contributed by atoms with Crippen molar-refractivity contribution in [3.8, 4) is 0 Å². The third-order valence-electron chi connectivity index (χ3n) is 5.77. The lowest BCUT2D eigenvalue weighted by Gasteiger charge is -2.18. The molecule has 0 aromatic heterocycles. The molecule has 1 fully saturated rings. The summed E-state index contributed by atoms with van der Waals surface area (Å²) in [6.45, 7) is 2.73. The summed E-state index contributed by atoms with van der Waals surface area (Å²) in [4.78, 5) is 23.7. The predicted octanol–water partition coefficient (Wildman–Crippen LogP) is 6.13. The molecular weight excluding hydrogens is 392 g/mol. The summed E-state index contributed by atoms with van der Waals surface area (Å²) in [5, 5.41) is 0. The van der Waals surface area contributed by atoms with Crippen molar-refractivity contribution in [1.29, 1.82) is 0 Å². The van der Waals surface area contributed by atoms with Crippen LogP contribution in [0.1, 0.15) is 96.0 Å². The monoisotopic (exact) mass is 432 g/mol. The van der Waals surface area contributed by atoms with Crippen LogP contribution in [0.2, 0.25) is 0 Å². The van der Waals surface area contributed by atoms with Gasteiger partial charge in [0.25, 0.3) is 0 Å². The van der Waals surface area contributed by atoms with Gasteiger partial charge in [0.15, 0.2) is 6.10 Å². The first-order valence-electron chi connectivity index (χ1n) is 12.2. The van der Waals surface area contributed by atoms with E-state index >= 15 is 0 Å². The highest BCUT2D eigenvalue weighted by Crippen LogP contribution is 2.21. The van der Waals surface area contributed by atoms with Gasteiger partial charge < -0.3 is 14.2 Å². The van der Waals surface area contributed by atoms with Crippen LogP contribution in [0, 0.1) is 0 Å². The van der Waals surface area contributed by atoms with Crippen LogP contribution in [-0.4, -0.2) is 30.8 Å². The molecule has 0 radical (unpaired) electrons. The number of benzene rings is 1. The second kappa shape index (κ2) is 15.9. The number of hydrogen-bond donors (Lipinski definition) is 0. The molecule has 0 saturated carbocycles.